The predicted octanol–water partition coefficient (Wildman–Crippen LogP) is 6.29. The molecule has 1 aliphatic rings. The van der Waals surface area contributed by atoms with Crippen molar-refractivity contribution in [3.05, 3.63) is 74.9 Å². The molecule has 1 saturated carbocycles. The number of esters is 1. The second kappa shape index (κ2) is 8.01. The van der Waals surface area contributed by atoms with E-state index >= 15 is 0 Å². The largest absolute Gasteiger partial charge is 0.434 e. The molecule has 0 radical (unpaired) electrons. The Morgan fingerprint density at radius 2 is 1.83 bits per heavy atom. The average Bonchev–Trinajstić information content (AvgIpc) is 3.52. The molecule has 2 aromatic carbocycles. The van der Waals surface area contributed by atoms with Crippen molar-refractivity contribution in [2.75, 3.05) is 0 Å². The van der Waals surface area contributed by atoms with Crippen molar-refractivity contribution in [2.24, 2.45) is 0 Å². The van der Waals surface area contributed by atoms with Gasteiger partial charge in [-0.1, -0.05) is 47.5 Å². The summed E-state index contributed by atoms with van der Waals surface area (Å²) in [7, 11) is 0. The predicted molar refractivity (Wildman–Crippen MR) is 111 cm³/mol. The van der Waals surface area contributed by atoms with Crippen molar-refractivity contribution in [1.29, 1.82) is 0 Å². The minimum Gasteiger partial charge on any atom is -0.434 e. The van der Waals surface area contributed by atoms with Gasteiger partial charge >= 0.3 is 5.97 Å². The van der Waals surface area contributed by atoms with Crippen LogP contribution < -0.4 is 9.47 Å². The molecule has 1 fully saturated rings. The Morgan fingerprint density at radius 3 is 2.59 bits per heavy atom. The Bertz CT molecular complexity index is 1100. The summed E-state index contributed by atoms with van der Waals surface area (Å²) in [6, 6.07) is 12.5. The summed E-state index contributed by atoms with van der Waals surface area (Å²) in [6.45, 7) is 3.72. The maximum atomic E-state index is 12.7. The van der Waals surface area contributed by atoms with E-state index < -0.39 is 5.97 Å². The van der Waals surface area contributed by atoms with E-state index in [-0.39, 0.29) is 16.8 Å². The van der Waals surface area contributed by atoms with Crippen molar-refractivity contribution in [1.82, 2.24) is 10.2 Å². The summed E-state index contributed by atoms with van der Waals surface area (Å²) in [6.07, 6.45) is 2.25. The van der Waals surface area contributed by atoms with E-state index in [1.807, 2.05) is 25.1 Å². The number of rotatable bonds is 5. The lowest BCUT2D eigenvalue weighted by Crippen LogP contribution is -2.12. The van der Waals surface area contributed by atoms with Gasteiger partial charge in [0, 0.05) is 11.1 Å². The van der Waals surface area contributed by atoms with Crippen molar-refractivity contribution in [3.8, 4) is 17.4 Å². The first-order chi connectivity index (χ1) is 13.9. The normalized spacial score (nSPS) is 13.2. The van der Waals surface area contributed by atoms with Crippen LogP contribution in [-0.4, -0.2) is 16.2 Å². The third kappa shape index (κ3) is 4.21. The maximum Gasteiger partial charge on any atom is 0.344 e. The lowest BCUT2D eigenvalue weighted by molar-refractivity contribution is 0.0728. The van der Waals surface area contributed by atoms with Gasteiger partial charge in [-0.05, 0) is 61.4 Å². The molecule has 29 heavy (non-hydrogen) atoms. The summed E-state index contributed by atoms with van der Waals surface area (Å²) in [5.41, 5.74) is 3.06. The number of halogens is 2. The summed E-state index contributed by atoms with van der Waals surface area (Å²) in [4.78, 5) is 12.7. The fraction of sp³-hybridized carbons (Fsp3) is 0.227. The first-order valence-corrected chi connectivity index (χ1v) is 9.97. The molecule has 1 aliphatic carbocycles. The second-order valence-corrected chi connectivity index (χ2v) is 7.80. The number of benzene rings is 2. The quantitative estimate of drug-likeness (QED) is 0.446. The molecule has 5 nitrogen and oxygen atoms in total. The molecule has 0 spiro atoms. The number of hydrogen-bond donors (Lipinski definition) is 0. The highest BCUT2D eigenvalue weighted by atomic mass is 35.5. The molecular formula is C22H18Cl2N2O3. The third-order valence-corrected chi connectivity index (χ3v) is 5.44. The fourth-order valence-corrected chi connectivity index (χ4v) is 3.41. The lowest BCUT2D eigenvalue weighted by atomic mass is 10.1. The van der Waals surface area contributed by atoms with Gasteiger partial charge in [-0.2, -0.15) is 0 Å². The Kier molecular flexibility index (Phi) is 5.43. The van der Waals surface area contributed by atoms with Gasteiger partial charge in [0.2, 0.25) is 0 Å². The number of carbonyl (C=O) groups is 1. The first kappa shape index (κ1) is 19.7. The Morgan fingerprint density at radius 1 is 1.07 bits per heavy atom. The van der Waals surface area contributed by atoms with Gasteiger partial charge in [0.15, 0.2) is 10.9 Å². The Labute approximate surface area is 178 Å². The number of aryl methyl sites for hydroxylation is 1. The standard InChI is InChI=1S/C22H18Cl2N2O3/c1-12-5-3-7-16(14-9-10-14)20(12)29-21-18(11-19(24)25-26-21)28-22(27)15-6-4-8-17(23)13(15)2/h3-8,11,14H,9-10H2,1-2H3. The molecule has 4 rings (SSSR count). The average molecular weight is 429 g/mol. The van der Waals surface area contributed by atoms with Crippen molar-refractivity contribution < 1.29 is 14.3 Å². The van der Waals surface area contributed by atoms with E-state index in [1.165, 1.54) is 6.07 Å². The maximum absolute atomic E-state index is 12.7. The van der Waals surface area contributed by atoms with Crippen LogP contribution in [0.25, 0.3) is 0 Å². The molecule has 1 aromatic heterocycles. The van der Waals surface area contributed by atoms with E-state index in [0.29, 0.717) is 27.8 Å². The third-order valence-electron chi connectivity index (χ3n) is 4.85. The van der Waals surface area contributed by atoms with Gasteiger partial charge < -0.3 is 9.47 Å². The van der Waals surface area contributed by atoms with Gasteiger partial charge in [0.05, 0.1) is 5.56 Å². The molecule has 7 heteroatoms. The molecule has 0 aliphatic heterocycles. The van der Waals surface area contributed by atoms with Crippen LogP contribution in [0.4, 0.5) is 0 Å². The van der Waals surface area contributed by atoms with Crippen molar-refractivity contribution >= 4 is 29.2 Å². The van der Waals surface area contributed by atoms with E-state index in [4.69, 9.17) is 32.7 Å². The first-order valence-electron chi connectivity index (χ1n) is 9.22. The van der Waals surface area contributed by atoms with Crippen LogP contribution in [0.5, 0.6) is 17.4 Å². The van der Waals surface area contributed by atoms with Crippen molar-refractivity contribution in [2.45, 2.75) is 32.6 Å². The molecule has 0 atom stereocenters. The molecular weight excluding hydrogens is 411 g/mol. The minimum absolute atomic E-state index is 0.0821. The van der Waals surface area contributed by atoms with Crippen LogP contribution in [0.15, 0.2) is 42.5 Å². The molecule has 0 bridgehead atoms. The SMILES string of the molecule is Cc1cccc(C2CC2)c1Oc1nnc(Cl)cc1OC(=O)c1cccc(Cl)c1C. The lowest BCUT2D eigenvalue weighted by Gasteiger charge is -2.15. The van der Waals surface area contributed by atoms with E-state index in [9.17, 15) is 4.79 Å². The number of nitrogens with zero attached hydrogens (tertiary/aromatic N) is 2. The van der Waals surface area contributed by atoms with Crippen molar-refractivity contribution in [3.63, 3.8) is 0 Å². The second-order valence-electron chi connectivity index (χ2n) is 7.01. The highest BCUT2D eigenvalue weighted by Gasteiger charge is 2.28. The minimum atomic E-state index is -0.578. The van der Waals surface area contributed by atoms with Crippen LogP contribution in [0, 0.1) is 13.8 Å². The van der Waals surface area contributed by atoms with E-state index in [2.05, 4.69) is 10.2 Å². The van der Waals surface area contributed by atoms with Gasteiger partial charge in [0.1, 0.15) is 5.75 Å². The number of ether oxygens (including phenoxy) is 2. The summed E-state index contributed by atoms with van der Waals surface area (Å²) < 4.78 is 11.6. The summed E-state index contributed by atoms with van der Waals surface area (Å²) in [5, 5.41) is 8.44. The highest BCUT2D eigenvalue weighted by Crippen LogP contribution is 2.47. The van der Waals surface area contributed by atoms with Crippen LogP contribution in [0.1, 0.15) is 45.8 Å². The summed E-state index contributed by atoms with van der Waals surface area (Å²) in [5.74, 6) is 0.789. The van der Waals surface area contributed by atoms with Gasteiger partial charge in [-0.3, -0.25) is 0 Å². The molecule has 148 valence electrons. The van der Waals surface area contributed by atoms with Gasteiger partial charge in [0.25, 0.3) is 5.88 Å². The summed E-state index contributed by atoms with van der Waals surface area (Å²) >= 11 is 12.1. The molecule has 3 aromatic rings. The van der Waals surface area contributed by atoms with Crippen LogP contribution in [0.3, 0.4) is 0 Å². The number of carbonyl (C=O) groups excluding carboxylic acids is 1. The van der Waals surface area contributed by atoms with E-state index in [0.717, 1.165) is 24.0 Å². The number of para-hydroxylation sites is 1. The van der Waals surface area contributed by atoms with Gasteiger partial charge in [-0.25, -0.2) is 4.79 Å². The zero-order valence-corrected chi connectivity index (χ0v) is 17.4. The van der Waals surface area contributed by atoms with Gasteiger partial charge in [-0.15, -0.1) is 10.2 Å². The molecule has 0 saturated heterocycles. The molecule has 0 amide bonds. The molecule has 0 N–H and O–H groups in total. The van der Waals surface area contributed by atoms with Crippen LogP contribution in [0.2, 0.25) is 10.2 Å². The molecule has 0 unspecified atom stereocenters. The topological polar surface area (TPSA) is 61.3 Å². The Hall–Kier alpha value is -2.63. The van der Waals surface area contributed by atoms with Crippen LogP contribution >= 0.6 is 23.2 Å². The zero-order chi connectivity index (χ0) is 20.5. The van der Waals surface area contributed by atoms with Crippen LogP contribution in [-0.2, 0) is 0 Å². The molecule has 1 heterocycles. The monoisotopic (exact) mass is 428 g/mol. The number of hydrogen-bond acceptors (Lipinski definition) is 5. The Balaban J connectivity index is 1.67. The zero-order valence-electron chi connectivity index (χ0n) is 15.9. The highest BCUT2D eigenvalue weighted by molar-refractivity contribution is 6.31. The smallest absolute Gasteiger partial charge is 0.344 e. The number of aromatic nitrogens is 2. The fourth-order valence-electron chi connectivity index (χ4n) is 3.10. The van der Waals surface area contributed by atoms with E-state index in [1.54, 1.807) is 25.1 Å².